The van der Waals surface area contributed by atoms with E-state index in [0.717, 1.165) is 0 Å². The molecule has 0 aromatic heterocycles. The van der Waals surface area contributed by atoms with Gasteiger partial charge in [-0.2, -0.15) is 5.53 Å². The second kappa shape index (κ2) is 4.12. The molecule has 0 aliphatic heterocycles. The van der Waals surface area contributed by atoms with Gasteiger partial charge < -0.3 is 5.84 Å². The summed E-state index contributed by atoms with van der Waals surface area (Å²) in [5, 5.41) is 6.09. The quantitative estimate of drug-likeness (QED) is 0.308. The van der Waals surface area contributed by atoms with Crippen LogP contribution in [0, 0.1) is 0 Å². The lowest BCUT2D eigenvalue weighted by atomic mass is 10.3. The number of hydrazine groups is 1. The Kier molecular flexibility index (Phi) is 2.83. The van der Waals surface area contributed by atoms with Crippen molar-refractivity contribution in [1.82, 2.24) is 5.53 Å². The first-order chi connectivity index (χ1) is 5.84. The lowest BCUT2D eigenvalue weighted by Gasteiger charge is -2.09. The van der Waals surface area contributed by atoms with Crippen LogP contribution in [0.2, 0.25) is 0 Å². The third-order valence-corrected chi connectivity index (χ3v) is 1.17. The van der Waals surface area contributed by atoms with Gasteiger partial charge in [0, 0.05) is 0 Å². The molecule has 1 aromatic rings. The molecule has 1 aromatic carbocycles. The summed E-state index contributed by atoms with van der Waals surface area (Å²) in [7, 11) is 0. The van der Waals surface area contributed by atoms with Crippen molar-refractivity contribution in [3.8, 4) is 0 Å². The fourth-order valence-electron chi connectivity index (χ4n) is 0.682. The molecule has 0 fully saturated rings. The Morgan fingerprint density at radius 2 is 2.00 bits per heavy atom. The predicted molar refractivity (Wildman–Crippen MR) is 42.2 cm³/mol. The maximum Gasteiger partial charge on any atom is 0.0947 e. The number of benzene rings is 1. The van der Waals surface area contributed by atoms with Crippen LogP contribution in [0.5, 0.6) is 0 Å². The van der Waals surface area contributed by atoms with E-state index in [1.54, 1.807) is 30.3 Å². The van der Waals surface area contributed by atoms with E-state index >= 15 is 0 Å². The largest absolute Gasteiger partial charge is 0.303 e. The number of nitrogens with one attached hydrogen (secondary N) is 1. The minimum absolute atomic E-state index is 0.205. The molecule has 0 atom stereocenters. The van der Waals surface area contributed by atoms with E-state index in [-0.39, 0.29) is 5.23 Å². The number of para-hydroxylation sites is 1. The lowest BCUT2D eigenvalue weighted by molar-refractivity contribution is 0.362. The first-order valence-electron chi connectivity index (χ1n) is 3.21. The van der Waals surface area contributed by atoms with Crippen LogP contribution in [-0.4, -0.2) is 0 Å². The molecule has 0 saturated carbocycles. The molecule has 0 spiro atoms. The molecular weight excluding hydrogens is 161 g/mol. The first kappa shape index (κ1) is 8.25. The maximum absolute atomic E-state index is 12.8. The minimum atomic E-state index is 0.205. The summed E-state index contributed by atoms with van der Waals surface area (Å²) in [4.78, 5) is 0. The molecule has 0 radical (unpaired) electrons. The summed E-state index contributed by atoms with van der Waals surface area (Å²) in [6, 6.07) is 8.31. The number of hydrogen-bond acceptors (Lipinski definition) is 3. The molecule has 5 nitrogen and oxygen atoms in total. The van der Waals surface area contributed by atoms with E-state index in [0.29, 0.717) is 5.69 Å². The Balaban J connectivity index is 2.59. The number of anilines is 1. The van der Waals surface area contributed by atoms with Gasteiger partial charge in [-0.3, -0.25) is 0 Å². The van der Waals surface area contributed by atoms with Crippen LogP contribution in [0.3, 0.4) is 0 Å². The Labute approximate surface area is 68.5 Å². The number of halogens is 1. The molecule has 0 unspecified atom stereocenters. The number of hydrogen-bond donors (Lipinski definition) is 2. The molecule has 64 valence electrons. The van der Waals surface area contributed by atoms with Crippen LogP contribution < -0.4 is 16.6 Å². The smallest absolute Gasteiger partial charge is 0.0947 e. The summed E-state index contributed by atoms with van der Waals surface area (Å²) in [6.45, 7) is 0. The molecule has 6 heteroatoms. The van der Waals surface area contributed by atoms with Crippen LogP contribution in [0.1, 0.15) is 0 Å². The summed E-state index contributed by atoms with van der Waals surface area (Å²) < 4.78 is 12.8. The third kappa shape index (κ3) is 2.08. The van der Waals surface area contributed by atoms with Gasteiger partial charge in [0.15, 0.2) is 0 Å². The van der Waals surface area contributed by atoms with Gasteiger partial charge in [-0.15, -0.1) is 5.23 Å². The molecule has 1 rings (SSSR count). The molecule has 0 saturated heterocycles. The number of rotatable bonds is 3. The van der Waals surface area contributed by atoms with E-state index in [1.165, 1.54) is 0 Å². The fourth-order valence-corrected chi connectivity index (χ4v) is 0.682. The van der Waals surface area contributed by atoms with Gasteiger partial charge in [-0.25, -0.2) is 0 Å². The van der Waals surface area contributed by atoms with Crippen molar-refractivity contribution in [2.45, 2.75) is 0 Å². The Morgan fingerprint density at radius 1 is 1.33 bits per heavy atom. The van der Waals surface area contributed by atoms with Crippen molar-refractivity contribution in [2.24, 2.45) is 16.3 Å². The highest BCUT2D eigenvalue weighted by atomic mass is 19.2. The summed E-state index contributed by atoms with van der Waals surface area (Å²) in [5.74, 6) is 4.66. The molecular formula is C6H8FN5. The number of nitrogens with zero attached hydrogens (tertiary/aromatic N) is 3. The zero-order valence-electron chi connectivity index (χ0n) is 6.18. The van der Waals surface area contributed by atoms with Crippen molar-refractivity contribution in [3.63, 3.8) is 0 Å². The Morgan fingerprint density at radius 3 is 2.58 bits per heavy atom. The van der Waals surface area contributed by atoms with Crippen LogP contribution in [0.4, 0.5) is 10.2 Å². The highest BCUT2D eigenvalue weighted by Gasteiger charge is 1.99. The predicted octanol–water partition coefficient (Wildman–Crippen LogP) is 1.12. The molecule has 0 aliphatic rings. The van der Waals surface area contributed by atoms with Crippen molar-refractivity contribution in [3.05, 3.63) is 30.3 Å². The van der Waals surface area contributed by atoms with Crippen molar-refractivity contribution >= 4 is 5.69 Å². The molecule has 0 heterocycles. The average Bonchev–Trinajstić information content (AvgIpc) is 2.15. The van der Waals surface area contributed by atoms with Crippen LogP contribution in [0.25, 0.3) is 0 Å². The Hall–Kier alpha value is -1.85. The summed E-state index contributed by atoms with van der Waals surface area (Å²) in [6.07, 6.45) is 0. The van der Waals surface area contributed by atoms with Crippen LogP contribution in [0.15, 0.2) is 40.8 Å². The van der Waals surface area contributed by atoms with Gasteiger partial charge in [0.25, 0.3) is 0 Å². The van der Waals surface area contributed by atoms with Gasteiger partial charge >= 0.3 is 0 Å². The monoisotopic (exact) mass is 169 g/mol. The second-order valence-corrected chi connectivity index (χ2v) is 1.93. The normalized spacial score (nSPS) is 10.1. The van der Waals surface area contributed by atoms with Crippen LogP contribution >= 0.6 is 0 Å². The molecule has 12 heavy (non-hydrogen) atoms. The fraction of sp³-hybridized carbons (Fsp3) is 0. The average molecular weight is 169 g/mol. The minimum Gasteiger partial charge on any atom is -0.303 e. The Bertz CT molecular complexity index is 249. The first-order valence-corrected chi connectivity index (χ1v) is 3.21. The number of nitrogens with two attached hydrogens (primary N) is 1. The van der Waals surface area contributed by atoms with E-state index in [4.69, 9.17) is 0 Å². The van der Waals surface area contributed by atoms with Gasteiger partial charge in [-0.1, -0.05) is 27.9 Å². The van der Waals surface area contributed by atoms with Gasteiger partial charge in [0.2, 0.25) is 0 Å². The summed E-state index contributed by atoms with van der Waals surface area (Å²) >= 11 is 0. The van der Waals surface area contributed by atoms with Crippen LogP contribution in [-0.2, 0) is 0 Å². The van der Waals surface area contributed by atoms with Gasteiger partial charge in [-0.05, 0) is 17.4 Å². The molecule has 3 N–H and O–H groups in total. The van der Waals surface area contributed by atoms with Crippen molar-refractivity contribution in [1.29, 1.82) is 0 Å². The van der Waals surface area contributed by atoms with Gasteiger partial charge in [0.05, 0.1) is 5.69 Å². The SMILES string of the molecule is NN=NNN(F)c1ccccc1. The molecule has 0 amide bonds. The van der Waals surface area contributed by atoms with Crippen molar-refractivity contribution < 1.29 is 4.48 Å². The van der Waals surface area contributed by atoms with E-state index in [2.05, 4.69) is 16.3 Å². The molecule has 0 bridgehead atoms. The van der Waals surface area contributed by atoms with Crippen molar-refractivity contribution in [2.75, 3.05) is 5.23 Å². The van der Waals surface area contributed by atoms with E-state index in [9.17, 15) is 4.48 Å². The highest BCUT2D eigenvalue weighted by Crippen LogP contribution is 2.10. The topological polar surface area (TPSA) is 66.0 Å². The van der Waals surface area contributed by atoms with E-state index < -0.39 is 0 Å². The second-order valence-electron chi connectivity index (χ2n) is 1.93. The molecule has 0 aliphatic carbocycles. The lowest BCUT2D eigenvalue weighted by Crippen LogP contribution is -2.25. The zero-order chi connectivity index (χ0) is 8.81. The van der Waals surface area contributed by atoms with Gasteiger partial charge in [0.1, 0.15) is 0 Å². The summed E-state index contributed by atoms with van der Waals surface area (Å²) in [5.41, 5.74) is 2.27. The standard InChI is InChI=1S/C6H8FN5/c7-12(11-10-9-8)6-4-2-1-3-5-6/h1-5H,(H2,8,10)(H,9,11). The van der Waals surface area contributed by atoms with E-state index in [1.807, 2.05) is 5.53 Å². The zero-order valence-corrected chi connectivity index (χ0v) is 6.18. The highest BCUT2D eigenvalue weighted by molar-refractivity contribution is 5.41. The third-order valence-electron chi connectivity index (χ3n) is 1.17. The maximum atomic E-state index is 12.8.